The molecule has 1 fully saturated rings. The number of nitrogens with zero attached hydrogens (tertiary/aromatic N) is 1. The van der Waals surface area contributed by atoms with Crippen molar-refractivity contribution in [1.82, 2.24) is 4.90 Å². The van der Waals surface area contributed by atoms with Crippen LogP contribution in [0.1, 0.15) is 18.1 Å². The Balaban J connectivity index is 0.00000200. The molecule has 114 valence electrons. The third-order valence-corrected chi connectivity index (χ3v) is 4.03. The fourth-order valence-electron chi connectivity index (χ4n) is 2.12. The van der Waals surface area contributed by atoms with Gasteiger partial charge in [-0.1, -0.05) is 0 Å². The van der Waals surface area contributed by atoms with E-state index in [1.807, 2.05) is 16.3 Å². The lowest BCUT2D eigenvalue weighted by atomic mass is 10.1. The molecular weight excluding hydrogens is 300 g/mol. The molecule has 1 aliphatic rings. The van der Waals surface area contributed by atoms with Gasteiger partial charge in [0.2, 0.25) is 5.91 Å². The molecule has 2 atom stereocenters. The van der Waals surface area contributed by atoms with E-state index in [0.717, 1.165) is 5.56 Å². The molecule has 1 aliphatic heterocycles. The Morgan fingerprint density at radius 3 is 3.10 bits per heavy atom. The highest BCUT2D eigenvalue weighted by Gasteiger charge is 2.26. The van der Waals surface area contributed by atoms with Crippen molar-refractivity contribution in [3.05, 3.63) is 22.4 Å². The van der Waals surface area contributed by atoms with Crippen molar-refractivity contribution < 1.29 is 14.3 Å². The van der Waals surface area contributed by atoms with Crippen molar-refractivity contribution >= 4 is 29.7 Å². The molecule has 2 N–H and O–H groups in total. The Morgan fingerprint density at radius 1 is 1.70 bits per heavy atom. The molecule has 0 radical (unpaired) electrons. The summed E-state index contributed by atoms with van der Waals surface area (Å²) in [5.41, 5.74) is 6.69. The molecule has 0 spiro atoms. The standard InChI is InChI=1S/C13H20N2O3S.ClH/c1-17-11(7-14)6-13(16)15-3-4-18-12(8-15)10-2-5-19-9-10;/h2,5,9,11-12H,3-4,6-8,14H2,1H3;1H. The average molecular weight is 321 g/mol. The highest BCUT2D eigenvalue weighted by Crippen LogP contribution is 2.24. The maximum Gasteiger partial charge on any atom is 0.225 e. The molecule has 5 nitrogen and oxygen atoms in total. The van der Waals surface area contributed by atoms with Gasteiger partial charge in [-0.05, 0) is 22.4 Å². The van der Waals surface area contributed by atoms with Crippen molar-refractivity contribution in [2.24, 2.45) is 5.73 Å². The molecule has 1 aromatic rings. The third-order valence-electron chi connectivity index (χ3n) is 3.33. The van der Waals surface area contributed by atoms with Crippen molar-refractivity contribution in [3.8, 4) is 0 Å². The van der Waals surface area contributed by atoms with Gasteiger partial charge in [0.25, 0.3) is 0 Å². The molecule has 1 saturated heterocycles. The van der Waals surface area contributed by atoms with E-state index in [0.29, 0.717) is 32.7 Å². The first kappa shape index (κ1) is 17.4. The molecule has 0 aliphatic carbocycles. The maximum atomic E-state index is 12.2. The zero-order chi connectivity index (χ0) is 13.7. The first-order chi connectivity index (χ1) is 9.24. The third kappa shape index (κ3) is 4.43. The van der Waals surface area contributed by atoms with Crippen LogP contribution in [0.2, 0.25) is 0 Å². The van der Waals surface area contributed by atoms with E-state index in [1.54, 1.807) is 18.4 Å². The topological polar surface area (TPSA) is 64.8 Å². The number of morpholine rings is 1. The van der Waals surface area contributed by atoms with Crippen LogP contribution in [0.4, 0.5) is 0 Å². The number of nitrogens with two attached hydrogens (primary N) is 1. The van der Waals surface area contributed by atoms with Crippen molar-refractivity contribution in [2.75, 3.05) is 33.4 Å². The van der Waals surface area contributed by atoms with Gasteiger partial charge in [0.1, 0.15) is 6.10 Å². The summed E-state index contributed by atoms with van der Waals surface area (Å²) in [5.74, 6) is 0.0841. The van der Waals surface area contributed by atoms with Crippen LogP contribution in [-0.2, 0) is 14.3 Å². The van der Waals surface area contributed by atoms with Crippen LogP contribution < -0.4 is 5.73 Å². The monoisotopic (exact) mass is 320 g/mol. The number of methoxy groups -OCH3 is 1. The lowest BCUT2D eigenvalue weighted by molar-refractivity contribution is -0.141. The van der Waals surface area contributed by atoms with E-state index < -0.39 is 0 Å². The van der Waals surface area contributed by atoms with Gasteiger partial charge in [-0.2, -0.15) is 11.3 Å². The molecule has 0 aromatic carbocycles. The van der Waals surface area contributed by atoms with E-state index >= 15 is 0 Å². The van der Waals surface area contributed by atoms with Gasteiger partial charge in [-0.3, -0.25) is 4.79 Å². The molecule has 0 bridgehead atoms. The molecule has 0 saturated carbocycles. The van der Waals surface area contributed by atoms with Crippen LogP contribution in [-0.4, -0.2) is 50.3 Å². The Bertz CT molecular complexity index is 398. The largest absolute Gasteiger partial charge is 0.380 e. The van der Waals surface area contributed by atoms with E-state index in [4.69, 9.17) is 15.2 Å². The number of carbonyl (C=O) groups excluding carboxylic acids is 1. The second-order valence-electron chi connectivity index (χ2n) is 4.55. The van der Waals surface area contributed by atoms with Crippen LogP contribution in [0.3, 0.4) is 0 Å². The van der Waals surface area contributed by atoms with Gasteiger partial charge >= 0.3 is 0 Å². The average Bonchev–Trinajstić information content (AvgIpc) is 2.99. The van der Waals surface area contributed by atoms with Crippen LogP contribution in [0.5, 0.6) is 0 Å². The minimum atomic E-state index is -0.199. The zero-order valence-electron chi connectivity index (χ0n) is 11.5. The summed E-state index contributed by atoms with van der Waals surface area (Å²) in [6.45, 7) is 2.18. The number of hydrogen-bond donors (Lipinski definition) is 1. The first-order valence-corrected chi connectivity index (χ1v) is 7.33. The molecule has 2 unspecified atom stereocenters. The molecule has 1 amide bonds. The minimum Gasteiger partial charge on any atom is -0.380 e. The fourth-order valence-corrected chi connectivity index (χ4v) is 2.82. The maximum absolute atomic E-state index is 12.2. The molecule has 7 heteroatoms. The highest BCUT2D eigenvalue weighted by atomic mass is 35.5. The van der Waals surface area contributed by atoms with Gasteiger partial charge in [-0.15, -0.1) is 12.4 Å². The normalized spacial score (nSPS) is 20.3. The lowest BCUT2D eigenvalue weighted by Gasteiger charge is -2.33. The summed E-state index contributed by atoms with van der Waals surface area (Å²) >= 11 is 1.64. The Labute approximate surface area is 129 Å². The van der Waals surface area contributed by atoms with Gasteiger partial charge in [0.05, 0.1) is 25.7 Å². The summed E-state index contributed by atoms with van der Waals surface area (Å²) in [6.07, 6.45) is 0.126. The van der Waals surface area contributed by atoms with Crippen LogP contribution in [0, 0.1) is 0 Å². The van der Waals surface area contributed by atoms with Crippen LogP contribution >= 0.6 is 23.7 Å². The number of carbonyl (C=O) groups is 1. The predicted molar refractivity (Wildman–Crippen MR) is 81.3 cm³/mol. The molecule has 20 heavy (non-hydrogen) atoms. The van der Waals surface area contributed by atoms with Gasteiger partial charge in [0, 0.05) is 20.2 Å². The Hall–Kier alpha value is -0.660. The molecule has 2 heterocycles. The number of amides is 1. The number of rotatable bonds is 5. The smallest absolute Gasteiger partial charge is 0.225 e. The molecule has 1 aromatic heterocycles. The molecular formula is C13H21ClN2O3S. The van der Waals surface area contributed by atoms with E-state index in [1.165, 1.54) is 0 Å². The fraction of sp³-hybridized carbons (Fsp3) is 0.615. The highest BCUT2D eigenvalue weighted by molar-refractivity contribution is 7.07. The number of thiophene rings is 1. The number of hydrogen-bond acceptors (Lipinski definition) is 5. The van der Waals surface area contributed by atoms with E-state index in [2.05, 4.69) is 5.38 Å². The summed E-state index contributed by atoms with van der Waals surface area (Å²) in [4.78, 5) is 14.0. The number of ether oxygens (including phenoxy) is 2. The van der Waals surface area contributed by atoms with Crippen LogP contribution in [0.15, 0.2) is 16.8 Å². The quantitative estimate of drug-likeness (QED) is 0.891. The van der Waals surface area contributed by atoms with Gasteiger partial charge in [-0.25, -0.2) is 0 Å². The van der Waals surface area contributed by atoms with Crippen molar-refractivity contribution in [2.45, 2.75) is 18.6 Å². The summed E-state index contributed by atoms with van der Waals surface area (Å²) in [7, 11) is 1.58. The van der Waals surface area contributed by atoms with Crippen molar-refractivity contribution in [3.63, 3.8) is 0 Å². The summed E-state index contributed by atoms with van der Waals surface area (Å²) in [5, 5.41) is 4.09. The first-order valence-electron chi connectivity index (χ1n) is 6.39. The Kier molecular flexibility index (Phi) is 7.47. The van der Waals surface area contributed by atoms with E-state index in [9.17, 15) is 4.79 Å². The second-order valence-corrected chi connectivity index (χ2v) is 5.33. The zero-order valence-corrected chi connectivity index (χ0v) is 13.1. The van der Waals surface area contributed by atoms with Crippen molar-refractivity contribution in [1.29, 1.82) is 0 Å². The lowest BCUT2D eigenvalue weighted by Crippen LogP contribution is -2.44. The predicted octanol–water partition coefficient (Wildman–Crippen LogP) is 1.43. The summed E-state index contributed by atoms with van der Waals surface area (Å²) < 4.78 is 10.9. The van der Waals surface area contributed by atoms with Crippen LogP contribution in [0.25, 0.3) is 0 Å². The van der Waals surface area contributed by atoms with E-state index in [-0.39, 0.29) is 30.5 Å². The number of halogens is 1. The summed E-state index contributed by atoms with van der Waals surface area (Å²) in [6, 6.07) is 2.04. The second kappa shape index (κ2) is 8.59. The van der Waals surface area contributed by atoms with Gasteiger partial charge < -0.3 is 20.1 Å². The minimum absolute atomic E-state index is 0. The van der Waals surface area contributed by atoms with Gasteiger partial charge in [0.15, 0.2) is 0 Å². The SMILES string of the molecule is COC(CN)CC(=O)N1CCOC(c2ccsc2)C1.Cl. The molecule has 2 rings (SSSR count). The Morgan fingerprint density at radius 2 is 2.50 bits per heavy atom.